The lowest BCUT2D eigenvalue weighted by atomic mass is 10.1. The number of benzene rings is 1. The van der Waals surface area contributed by atoms with Crippen LogP contribution in [0.4, 0.5) is 0 Å². The lowest BCUT2D eigenvalue weighted by Gasteiger charge is -2.00. The topological polar surface area (TPSA) is 25.0 Å². The van der Waals surface area contributed by atoms with Crippen molar-refractivity contribution < 1.29 is 4.74 Å². The molecule has 1 aromatic carbocycles. The molecule has 0 fully saturated rings. The highest BCUT2D eigenvalue weighted by molar-refractivity contribution is 5.83. The van der Waals surface area contributed by atoms with Crippen molar-refractivity contribution in [2.45, 2.75) is 20.3 Å². The van der Waals surface area contributed by atoms with Crippen LogP contribution in [0.25, 0.3) is 10.9 Å². The molecule has 1 aromatic heterocycles. The number of ether oxygens (including phenoxy) is 1. The van der Waals surface area contributed by atoms with Crippen LogP contribution in [0, 0.1) is 6.92 Å². The molecule has 15 heavy (non-hydrogen) atoms. The minimum Gasteiger partial charge on any atom is -0.381 e. The molecule has 2 rings (SSSR count). The summed E-state index contributed by atoms with van der Waals surface area (Å²) in [7, 11) is 0. The third kappa shape index (κ3) is 2.21. The Bertz CT molecular complexity index is 445. The van der Waals surface area contributed by atoms with Gasteiger partial charge in [0.25, 0.3) is 0 Å². The van der Waals surface area contributed by atoms with Gasteiger partial charge in [-0.15, -0.1) is 0 Å². The minimum atomic E-state index is 0.793. The summed E-state index contributed by atoms with van der Waals surface area (Å²) in [5.41, 5.74) is 3.86. The van der Waals surface area contributed by atoms with Gasteiger partial charge in [-0.3, -0.25) is 0 Å². The average Bonchev–Trinajstić information content (AvgIpc) is 2.61. The fourth-order valence-electron chi connectivity index (χ4n) is 1.83. The molecule has 0 aliphatic heterocycles. The van der Waals surface area contributed by atoms with E-state index in [2.05, 4.69) is 36.3 Å². The zero-order valence-corrected chi connectivity index (χ0v) is 9.34. The number of aryl methyl sites for hydroxylation is 1. The smallest absolute Gasteiger partial charge is 0.0507 e. The molecule has 0 amide bonds. The fourth-order valence-corrected chi connectivity index (χ4v) is 1.83. The number of hydrogen-bond acceptors (Lipinski definition) is 1. The van der Waals surface area contributed by atoms with Crippen LogP contribution in [0.15, 0.2) is 24.4 Å². The second kappa shape index (κ2) is 4.49. The Morgan fingerprint density at radius 2 is 2.20 bits per heavy atom. The number of fused-ring (bicyclic) bond motifs is 1. The highest BCUT2D eigenvalue weighted by Crippen LogP contribution is 2.19. The Kier molecular flexibility index (Phi) is 3.07. The van der Waals surface area contributed by atoms with Gasteiger partial charge in [0, 0.05) is 23.7 Å². The maximum atomic E-state index is 5.37. The van der Waals surface area contributed by atoms with Gasteiger partial charge in [0.2, 0.25) is 0 Å². The molecular formula is C13H17NO. The minimum absolute atomic E-state index is 0.793. The molecule has 0 unspecified atom stereocenters. The summed E-state index contributed by atoms with van der Waals surface area (Å²) in [6, 6.07) is 6.52. The van der Waals surface area contributed by atoms with Gasteiger partial charge in [-0.1, -0.05) is 12.1 Å². The molecule has 0 aliphatic carbocycles. The Morgan fingerprint density at radius 1 is 1.33 bits per heavy atom. The zero-order chi connectivity index (χ0) is 10.7. The van der Waals surface area contributed by atoms with Crippen molar-refractivity contribution in [2.24, 2.45) is 0 Å². The van der Waals surface area contributed by atoms with E-state index in [0.717, 1.165) is 19.6 Å². The van der Waals surface area contributed by atoms with Crippen LogP contribution in [0.1, 0.15) is 18.1 Å². The van der Waals surface area contributed by atoms with Crippen molar-refractivity contribution >= 4 is 10.9 Å². The first kappa shape index (κ1) is 10.2. The molecule has 1 heterocycles. The van der Waals surface area contributed by atoms with Gasteiger partial charge in [-0.25, -0.2) is 0 Å². The lowest BCUT2D eigenvalue weighted by molar-refractivity contribution is 0.151. The van der Waals surface area contributed by atoms with E-state index in [1.165, 1.54) is 22.0 Å². The number of rotatable bonds is 4. The molecule has 0 bridgehead atoms. The van der Waals surface area contributed by atoms with E-state index in [0.29, 0.717) is 0 Å². The Balaban J connectivity index is 2.21. The van der Waals surface area contributed by atoms with Gasteiger partial charge in [-0.2, -0.15) is 0 Å². The monoisotopic (exact) mass is 203 g/mol. The Labute approximate surface area is 90.3 Å². The zero-order valence-electron chi connectivity index (χ0n) is 9.34. The standard InChI is InChI=1S/C13H17NO/c1-3-15-7-6-11-9-14-13-8-10(2)4-5-12(11)13/h4-5,8-9,14H,3,6-7H2,1-2H3. The van der Waals surface area contributed by atoms with Crippen LogP contribution in [-0.2, 0) is 11.2 Å². The van der Waals surface area contributed by atoms with Crippen molar-refractivity contribution in [3.05, 3.63) is 35.5 Å². The van der Waals surface area contributed by atoms with Gasteiger partial charge in [0.15, 0.2) is 0 Å². The van der Waals surface area contributed by atoms with Crippen molar-refractivity contribution in [1.29, 1.82) is 0 Å². The first-order valence-electron chi connectivity index (χ1n) is 5.45. The Hall–Kier alpha value is -1.28. The summed E-state index contributed by atoms with van der Waals surface area (Å²) in [4.78, 5) is 3.30. The van der Waals surface area contributed by atoms with Crippen molar-refractivity contribution in [1.82, 2.24) is 4.98 Å². The quantitative estimate of drug-likeness (QED) is 0.759. The highest BCUT2D eigenvalue weighted by Gasteiger charge is 2.02. The van der Waals surface area contributed by atoms with Gasteiger partial charge in [-0.05, 0) is 37.5 Å². The summed E-state index contributed by atoms with van der Waals surface area (Å²) in [6.45, 7) is 5.73. The van der Waals surface area contributed by atoms with Crippen LogP contribution >= 0.6 is 0 Å². The van der Waals surface area contributed by atoms with Crippen LogP contribution in [0.5, 0.6) is 0 Å². The Morgan fingerprint density at radius 3 is 3.00 bits per heavy atom. The fraction of sp³-hybridized carbons (Fsp3) is 0.385. The van der Waals surface area contributed by atoms with Crippen LogP contribution < -0.4 is 0 Å². The number of nitrogens with one attached hydrogen (secondary N) is 1. The molecule has 2 heteroatoms. The van der Waals surface area contributed by atoms with Gasteiger partial charge < -0.3 is 9.72 Å². The van der Waals surface area contributed by atoms with E-state index >= 15 is 0 Å². The van der Waals surface area contributed by atoms with E-state index in [-0.39, 0.29) is 0 Å². The summed E-state index contributed by atoms with van der Waals surface area (Å²) < 4.78 is 5.37. The SMILES string of the molecule is CCOCCc1c[nH]c2cc(C)ccc12. The molecular weight excluding hydrogens is 186 g/mol. The second-order valence-corrected chi connectivity index (χ2v) is 3.81. The molecule has 0 spiro atoms. The summed E-state index contributed by atoms with van der Waals surface area (Å²) in [6.07, 6.45) is 3.07. The number of H-pyrrole nitrogens is 1. The van der Waals surface area contributed by atoms with E-state index < -0.39 is 0 Å². The molecule has 0 saturated heterocycles. The van der Waals surface area contributed by atoms with Crippen LogP contribution in [0.3, 0.4) is 0 Å². The van der Waals surface area contributed by atoms with E-state index in [9.17, 15) is 0 Å². The number of hydrogen-bond donors (Lipinski definition) is 1. The first-order chi connectivity index (χ1) is 7.31. The maximum Gasteiger partial charge on any atom is 0.0507 e. The predicted octanol–water partition coefficient (Wildman–Crippen LogP) is 3.06. The van der Waals surface area contributed by atoms with Crippen LogP contribution in [-0.4, -0.2) is 18.2 Å². The first-order valence-corrected chi connectivity index (χ1v) is 5.45. The summed E-state index contributed by atoms with van der Waals surface area (Å²) in [5, 5.41) is 1.32. The third-order valence-electron chi connectivity index (χ3n) is 2.64. The van der Waals surface area contributed by atoms with Crippen LogP contribution in [0.2, 0.25) is 0 Å². The highest BCUT2D eigenvalue weighted by atomic mass is 16.5. The maximum absolute atomic E-state index is 5.37. The van der Waals surface area contributed by atoms with Gasteiger partial charge in [0.05, 0.1) is 6.61 Å². The summed E-state index contributed by atoms with van der Waals surface area (Å²) in [5.74, 6) is 0. The van der Waals surface area contributed by atoms with E-state index in [1.54, 1.807) is 0 Å². The van der Waals surface area contributed by atoms with Gasteiger partial charge >= 0.3 is 0 Å². The van der Waals surface area contributed by atoms with Crippen molar-refractivity contribution in [3.63, 3.8) is 0 Å². The largest absolute Gasteiger partial charge is 0.381 e. The molecule has 80 valence electrons. The van der Waals surface area contributed by atoms with Crippen molar-refractivity contribution in [2.75, 3.05) is 13.2 Å². The number of aromatic amines is 1. The number of aromatic nitrogens is 1. The lowest BCUT2D eigenvalue weighted by Crippen LogP contribution is -1.96. The molecule has 2 nitrogen and oxygen atoms in total. The molecule has 0 aliphatic rings. The third-order valence-corrected chi connectivity index (χ3v) is 2.64. The second-order valence-electron chi connectivity index (χ2n) is 3.81. The average molecular weight is 203 g/mol. The molecule has 0 saturated carbocycles. The molecule has 0 radical (unpaired) electrons. The molecule has 1 N–H and O–H groups in total. The summed E-state index contributed by atoms with van der Waals surface area (Å²) >= 11 is 0. The van der Waals surface area contributed by atoms with Crippen molar-refractivity contribution in [3.8, 4) is 0 Å². The van der Waals surface area contributed by atoms with E-state index in [1.807, 2.05) is 6.92 Å². The molecule has 0 atom stereocenters. The van der Waals surface area contributed by atoms with E-state index in [4.69, 9.17) is 4.74 Å². The molecule has 2 aromatic rings. The normalized spacial score (nSPS) is 11.1. The van der Waals surface area contributed by atoms with Gasteiger partial charge in [0.1, 0.15) is 0 Å². The predicted molar refractivity (Wildman–Crippen MR) is 63.2 cm³/mol.